The molecule has 0 amide bonds. The number of nitrogens with zero attached hydrogens (tertiary/aromatic N) is 2. The number of nitrogens with one attached hydrogen (secondary N) is 2. The molecule has 2 fully saturated rings. The summed E-state index contributed by atoms with van der Waals surface area (Å²) in [6, 6.07) is 10.2. The maximum Gasteiger partial charge on any atom is 0.181 e. The number of hydrogen-bond acceptors (Lipinski definition) is 6. The van der Waals surface area contributed by atoms with Gasteiger partial charge in [0.15, 0.2) is 17.4 Å². The monoisotopic (exact) mass is 552 g/mol. The molecule has 3 atom stereocenters. The molecule has 1 unspecified atom stereocenters. The van der Waals surface area contributed by atoms with Gasteiger partial charge in [0.05, 0.1) is 5.69 Å². The second kappa shape index (κ2) is 10.2. The van der Waals surface area contributed by atoms with Crippen molar-refractivity contribution in [2.45, 2.75) is 57.3 Å². The topological polar surface area (TPSA) is 108 Å². The minimum absolute atomic E-state index is 0.0171. The third-order valence-electron chi connectivity index (χ3n) is 9.51. The van der Waals surface area contributed by atoms with Gasteiger partial charge in [-0.25, -0.2) is 4.39 Å². The molecule has 3 heterocycles. The standard InChI is InChI=1S/C33H33FN4O3/c34-23-5-3-4-19(13-23)20-6-7-24(35-17-20)8-9-25-29-26(15-33(16-28(29)41)10-1-2-11-33)36-32-30(25)31(37-38-32)27(40)14-21-12-22(21)18-39/h3-9,13,17,21-22,25,39H,1-2,10-12,14-16,18H2,(H2,36,37,38)/b9-8+/t21-,22-,25?/m0/s1. The fraction of sp³-hybridized carbons (Fsp3) is 0.394. The van der Waals surface area contributed by atoms with Gasteiger partial charge in [-0.15, -0.1) is 0 Å². The number of pyridine rings is 1. The van der Waals surface area contributed by atoms with Crippen molar-refractivity contribution in [1.82, 2.24) is 15.2 Å². The van der Waals surface area contributed by atoms with Crippen molar-refractivity contribution in [3.05, 3.63) is 82.7 Å². The highest BCUT2D eigenvalue weighted by molar-refractivity contribution is 6.04. The zero-order chi connectivity index (χ0) is 28.1. The Labute approximate surface area is 238 Å². The third-order valence-corrected chi connectivity index (χ3v) is 9.51. The second-order valence-electron chi connectivity index (χ2n) is 12.2. The van der Waals surface area contributed by atoms with Gasteiger partial charge in [0.2, 0.25) is 0 Å². The number of rotatable bonds is 7. The lowest BCUT2D eigenvalue weighted by atomic mass is 9.67. The van der Waals surface area contributed by atoms with Gasteiger partial charge in [-0.1, -0.05) is 37.1 Å². The average Bonchev–Trinajstić information content (AvgIpc) is 3.34. The molecule has 7 nitrogen and oxygen atoms in total. The zero-order valence-corrected chi connectivity index (χ0v) is 22.8. The number of carbonyl (C=O) groups excluding carboxylic acids is 2. The molecule has 3 N–H and O–H groups in total. The van der Waals surface area contributed by atoms with Gasteiger partial charge in [0.1, 0.15) is 11.5 Å². The van der Waals surface area contributed by atoms with E-state index in [-0.39, 0.29) is 41.2 Å². The number of fused-ring (bicyclic) bond motifs is 1. The highest BCUT2D eigenvalue weighted by Crippen LogP contribution is 2.54. The Kier molecular flexibility index (Phi) is 6.46. The molecule has 3 aliphatic carbocycles. The molecule has 210 valence electrons. The molecule has 3 aromatic rings. The Balaban J connectivity index is 1.23. The predicted molar refractivity (Wildman–Crippen MR) is 153 cm³/mol. The number of hydrogen-bond donors (Lipinski definition) is 3. The molecule has 0 bridgehead atoms. The molecule has 0 radical (unpaired) electrons. The fourth-order valence-corrected chi connectivity index (χ4v) is 7.19. The van der Waals surface area contributed by atoms with Crippen molar-refractivity contribution in [3.8, 4) is 11.1 Å². The number of carbonyl (C=O) groups is 2. The van der Waals surface area contributed by atoms with E-state index in [0.29, 0.717) is 35.6 Å². The van der Waals surface area contributed by atoms with Crippen LogP contribution in [0.15, 0.2) is 59.9 Å². The Hall–Kier alpha value is -3.91. The van der Waals surface area contributed by atoms with Crippen LogP contribution in [0.4, 0.5) is 10.2 Å². The summed E-state index contributed by atoms with van der Waals surface area (Å²) in [4.78, 5) is 31.8. The maximum atomic E-state index is 13.8. The van der Waals surface area contributed by atoms with E-state index in [4.69, 9.17) is 0 Å². The summed E-state index contributed by atoms with van der Waals surface area (Å²) in [5.74, 6) is 0.342. The Bertz CT molecular complexity index is 1580. The van der Waals surface area contributed by atoms with Gasteiger partial charge >= 0.3 is 0 Å². The van der Waals surface area contributed by atoms with Crippen LogP contribution < -0.4 is 5.32 Å². The van der Waals surface area contributed by atoms with Crippen molar-refractivity contribution in [2.24, 2.45) is 17.3 Å². The lowest BCUT2D eigenvalue weighted by Gasteiger charge is -2.39. The van der Waals surface area contributed by atoms with Crippen LogP contribution in [0.3, 0.4) is 0 Å². The molecule has 2 saturated carbocycles. The van der Waals surface area contributed by atoms with Crippen molar-refractivity contribution in [1.29, 1.82) is 0 Å². The number of aromatic nitrogens is 3. The number of aliphatic hydroxyl groups is 1. The lowest BCUT2D eigenvalue weighted by molar-refractivity contribution is -0.118. The fourth-order valence-electron chi connectivity index (χ4n) is 7.19. The predicted octanol–water partition coefficient (Wildman–Crippen LogP) is 6.21. The van der Waals surface area contributed by atoms with Crippen LogP contribution in [0.5, 0.6) is 0 Å². The van der Waals surface area contributed by atoms with Crippen molar-refractivity contribution in [3.63, 3.8) is 0 Å². The van der Waals surface area contributed by atoms with Crippen LogP contribution in [-0.2, 0) is 4.79 Å². The van der Waals surface area contributed by atoms with E-state index < -0.39 is 5.92 Å². The van der Waals surface area contributed by atoms with Gasteiger partial charge in [0, 0.05) is 54.0 Å². The van der Waals surface area contributed by atoms with E-state index in [9.17, 15) is 19.1 Å². The minimum Gasteiger partial charge on any atom is -0.396 e. The smallest absolute Gasteiger partial charge is 0.181 e. The van der Waals surface area contributed by atoms with Crippen LogP contribution in [-0.4, -0.2) is 38.5 Å². The third kappa shape index (κ3) is 4.84. The van der Waals surface area contributed by atoms with Gasteiger partial charge in [0.25, 0.3) is 0 Å². The van der Waals surface area contributed by atoms with E-state index in [1.807, 2.05) is 30.4 Å². The highest BCUT2D eigenvalue weighted by Gasteiger charge is 2.47. The number of benzene rings is 1. The number of allylic oxidation sites excluding steroid dienone is 3. The Morgan fingerprint density at radius 1 is 1.12 bits per heavy atom. The number of anilines is 1. The summed E-state index contributed by atoms with van der Waals surface area (Å²) in [5.41, 5.74) is 5.06. The first-order chi connectivity index (χ1) is 19.9. The van der Waals surface area contributed by atoms with Crippen molar-refractivity contribution >= 4 is 23.5 Å². The largest absolute Gasteiger partial charge is 0.396 e. The summed E-state index contributed by atoms with van der Waals surface area (Å²) in [6.45, 7) is 0.101. The number of ketones is 2. The van der Waals surface area contributed by atoms with E-state index in [1.165, 1.54) is 12.1 Å². The number of Topliss-reactive ketones (excluding diaryl/α,β-unsaturated/α-hetero) is 2. The molecule has 0 saturated heterocycles. The van der Waals surface area contributed by atoms with Gasteiger partial charge in [-0.2, -0.15) is 5.10 Å². The van der Waals surface area contributed by atoms with Gasteiger partial charge in [-0.3, -0.25) is 19.7 Å². The first-order valence-corrected chi connectivity index (χ1v) is 14.6. The minimum atomic E-state index is -0.428. The Morgan fingerprint density at radius 2 is 1.98 bits per heavy atom. The molecule has 4 aliphatic rings. The van der Waals surface area contributed by atoms with Crippen molar-refractivity contribution in [2.75, 3.05) is 11.9 Å². The molecule has 1 aliphatic heterocycles. The number of aromatic amines is 1. The SMILES string of the molecule is O=C1CC2(CCCC2)CC2=C1C(/C=C/c1ccc(-c3cccc(F)c3)cn1)c1c(n[nH]c1C(=O)C[C@@H]1C[C@H]1CO)N2. The summed E-state index contributed by atoms with van der Waals surface area (Å²) >= 11 is 0. The summed E-state index contributed by atoms with van der Waals surface area (Å²) in [5, 5.41) is 20.4. The van der Waals surface area contributed by atoms with E-state index in [2.05, 4.69) is 20.5 Å². The summed E-state index contributed by atoms with van der Waals surface area (Å²) in [6.07, 6.45) is 12.5. The maximum absolute atomic E-state index is 13.8. The molecule has 41 heavy (non-hydrogen) atoms. The van der Waals surface area contributed by atoms with Gasteiger partial charge < -0.3 is 10.4 Å². The molecule has 1 spiro atoms. The van der Waals surface area contributed by atoms with Crippen LogP contribution in [0, 0.1) is 23.1 Å². The van der Waals surface area contributed by atoms with Crippen molar-refractivity contribution < 1.29 is 19.1 Å². The molecular weight excluding hydrogens is 519 g/mol. The van der Waals surface area contributed by atoms with Crippen LogP contribution in [0.25, 0.3) is 17.2 Å². The number of H-pyrrole nitrogens is 1. The second-order valence-corrected chi connectivity index (χ2v) is 12.2. The molecule has 7 rings (SSSR count). The lowest BCUT2D eigenvalue weighted by Crippen LogP contribution is -2.35. The Morgan fingerprint density at radius 3 is 2.71 bits per heavy atom. The summed E-state index contributed by atoms with van der Waals surface area (Å²) in [7, 11) is 0. The number of aliphatic hydroxyl groups excluding tert-OH is 1. The van der Waals surface area contributed by atoms with E-state index in [0.717, 1.165) is 60.9 Å². The van der Waals surface area contributed by atoms with Crippen LogP contribution >= 0.6 is 0 Å². The average molecular weight is 553 g/mol. The van der Waals surface area contributed by atoms with E-state index in [1.54, 1.807) is 12.3 Å². The summed E-state index contributed by atoms with van der Waals surface area (Å²) < 4.78 is 13.7. The molecule has 1 aromatic carbocycles. The van der Waals surface area contributed by atoms with Gasteiger partial charge in [-0.05, 0) is 72.8 Å². The quantitative estimate of drug-likeness (QED) is 0.301. The zero-order valence-electron chi connectivity index (χ0n) is 22.8. The van der Waals surface area contributed by atoms with Crippen LogP contribution in [0.1, 0.15) is 79.0 Å². The first kappa shape index (κ1) is 26.0. The van der Waals surface area contributed by atoms with E-state index >= 15 is 0 Å². The molecular formula is C33H33FN4O3. The molecule has 2 aromatic heterocycles. The highest BCUT2D eigenvalue weighted by atomic mass is 19.1. The first-order valence-electron chi connectivity index (χ1n) is 14.6. The molecule has 8 heteroatoms. The number of halogens is 1. The van der Waals surface area contributed by atoms with Crippen LogP contribution in [0.2, 0.25) is 0 Å². The normalized spacial score (nSPS) is 24.4.